The van der Waals surface area contributed by atoms with E-state index in [1.165, 1.54) is 23.5 Å². The molecule has 8 nitrogen and oxygen atoms in total. The molecule has 0 N–H and O–H groups in total. The minimum absolute atomic E-state index is 0.0219. The van der Waals surface area contributed by atoms with Crippen LogP contribution >= 0.6 is 11.3 Å². The van der Waals surface area contributed by atoms with Crippen LogP contribution in [0.3, 0.4) is 0 Å². The van der Waals surface area contributed by atoms with Crippen molar-refractivity contribution in [3.8, 4) is 17.0 Å². The second kappa shape index (κ2) is 9.23. The lowest BCUT2D eigenvalue weighted by molar-refractivity contribution is -0.384. The smallest absolute Gasteiger partial charge is 0.269 e. The normalized spacial score (nSPS) is 15.1. The maximum absolute atomic E-state index is 13.4. The number of benzene rings is 2. The van der Waals surface area contributed by atoms with E-state index in [2.05, 4.69) is 4.98 Å². The van der Waals surface area contributed by atoms with Gasteiger partial charge in [0.15, 0.2) is 5.13 Å². The first-order valence-electron chi connectivity index (χ1n) is 9.78. The maximum Gasteiger partial charge on any atom is 0.269 e. The molecule has 3 aromatic rings. The Balaban J connectivity index is 1.55. The van der Waals surface area contributed by atoms with E-state index >= 15 is 0 Å². The highest BCUT2D eigenvalue weighted by atomic mass is 32.1. The lowest BCUT2D eigenvalue weighted by Crippen LogP contribution is -2.42. The zero-order valence-corrected chi connectivity index (χ0v) is 17.7. The third-order valence-corrected chi connectivity index (χ3v) is 5.97. The van der Waals surface area contributed by atoms with Crippen molar-refractivity contribution in [3.63, 3.8) is 0 Å². The fourth-order valence-electron chi connectivity index (χ4n) is 3.46. The van der Waals surface area contributed by atoms with E-state index in [0.717, 1.165) is 16.9 Å². The molecule has 0 spiro atoms. The van der Waals surface area contributed by atoms with Crippen molar-refractivity contribution in [1.82, 2.24) is 4.98 Å². The molecule has 0 saturated heterocycles. The Morgan fingerprint density at radius 2 is 2.06 bits per heavy atom. The van der Waals surface area contributed by atoms with Gasteiger partial charge in [0.1, 0.15) is 12.4 Å². The number of non-ortho nitro benzene ring substituents is 1. The van der Waals surface area contributed by atoms with Crippen molar-refractivity contribution in [2.45, 2.75) is 6.42 Å². The molecule has 1 amide bonds. The number of nitro benzene ring substituents is 1. The number of nitro groups is 1. The van der Waals surface area contributed by atoms with E-state index in [1.807, 2.05) is 29.6 Å². The molecule has 0 radical (unpaired) electrons. The Kier molecular flexibility index (Phi) is 6.24. The number of carbonyl (C=O) groups is 1. The number of hydrogen-bond acceptors (Lipinski definition) is 7. The van der Waals surface area contributed by atoms with Gasteiger partial charge in [-0.2, -0.15) is 0 Å². The van der Waals surface area contributed by atoms with Crippen LogP contribution in [0.4, 0.5) is 10.8 Å². The summed E-state index contributed by atoms with van der Waals surface area (Å²) in [4.78, 5) is 30.1. The number of fused-ring (bicyclic) bond motifs is 1. The van der Waals surface area contributed by atoms with E-state index in [9.17, 15) is 14.9 Å². The molecule has 1 aromatic heterocycles. The van der Waals surface area contributed by atoms with Crippen molar-refractivity contribution in [1.29, 1.82) is 0 Å². The molecule has 1 atom stereocenters. The van der Waals surface area contributed by atoms with Gasteiger partial charge in [-0.3, -0.25) is 19.8 Å². The second-order valence-electron chi connectivity index (χ2n) is 7.12. The first kappa shape index (κ1) is 21.0. The SMILES string of the molecule is COCCN(C(=O)[C@H]1COc2ccccc2C1)c1nc(-c2ccc([N+](=O)[O-])cc2)cs1. The van der Waals surface area contributed by atoms with Crippen LogP contribution in [0.2, 0.25) is 0 Å². The van der Waals surface area contributed by atoms with Crippen LogP contribution in [-0.4, -0.2) is 42.7 Å². The highest BCUT2D eigenvalue weighted by Crippen LogP contribution is 2.32. The lowest BCUT2D eigenvalue weighted by atomic mass is 9.95. The topological polar surface area (TPSA) is 94.8 Å². The van der Waals surface area contributed by atoms with Gasteiger partial charge in [0.2, 0.25) is 5.91 Å². The van der Waals surface area contributed by atoms with Crippen molar-refractivity contribution in [2.24, 2.45) is 5.92 Å². The molecule has 2 heterocycles. The minimum Gasteiger partial charge on any atom is -0.492 e. The predicted octanol–water partition coefficient (Wildman–Crippen LogP) is 3.95. The van der Waals surface area contributed by atoms with Crippen LogP contribution in [-0.2, 0) is 16.0 Å². The molecule has 160 valence electrons. The van der Waals surface area contributed by atoms with Gasteiger partial charge in [-0.25, -0.2) is 4.98 Å². The zero-order chi connectivity index (χ0) is 21.8. The molecule has 0 fully saturated rings. The van der Waals surface area contributed by atoms with E-state index in [0.29, 0.717) is 37.0 Å². The fraction of sp³-hybridized carbons (Fsp3) is 0.273. The first-order valence-corrected chi connectivity index (χ1v) is 10.7. The molecule has 1 aliphatic heterocycles. The maximum atomic E-state index is 13.4. The molecule has 31 heavy (non-hydrogen) atoms. The fourth-order valence-corrected chi connectivity index (χ4v) is 4.33. The molecule has 0 unspecified atom stereocenters. The van der Waals surface area contributed by atoms with Gasteiger partial charge in [0, 0.05) is 30.2 Å². The number of rotatable bonds is 7. The van der Waals surface area contributed by atoms with Crippen LogP contribution in [0.1, 0.15) is 5.56 Å². The third kappa shape index (κ3) is 4.57. The molecular formula is C22H21N3O5S. The van der Waals surface area contributed by atoms with Crippen molar-refractivity contribution in [2.75, 3.05) is 31.8 Å². The molecule has 0 saturated carbocycles. The van der Waals surface area contributed by atoms with Crippen LogP contribution in [0.15, 0.2) is 53.9 Å². The molecule has 4 rings (SSSR count). The Bertz CT molecular complexity index is 1080. The summed E-state index contributed by atoms with van der Waals surface area (Å²) in [6, 6.07) is 13.9. The van der Waals surface area contributed by atoms with Crippen LogP contribution in [0.25, 0.3) is 11.3 Å². The summed E-state index contributed by atoms with van der Waals surface area (Å²) in [5.74, 6) is 0.458. The van der Waals surface area contributed by atoms with Gasteiger partial charge in [-0.1, -0.05) is 18.2 Å². The summed E-state index contributed by atoms with van der Waals surface area (Å²) >= 11 is 1.36. The quantitative estimate of drug-likeness (QED) is 0.409. The van der Waals surface area contributed by atoms with Crippen LogP contribution in [0.5, 0.6) is 5.75 Å². The number of aromatic nitrogens is 1. The van der Waals surface area contributed by atoms with Crippen LogP contribution < -0.4 is 9.64 Å². The van der Waals surface area contributed by atoms with E-state index in [1.54, 1.807) is 24.1 Å². The number of amides is 1. The molecule has 0 bridgehead atoms. The molecule has 2 aromatic carbocycles. The molecule has 9 heteroatoms. The highest BCUT2D eigenvalue weighted by Gasteiger charge is 2.31. The number of para-hydroxylation sites is 1. The standard InChI is InChI=1S/C22H21N3O5S/c1-29-11-10-24(21(26)17-12-16-4-2-3-5-20(16)30-13-17)22-23-19(14-31-22)15-6-8-18(9-7-15)25(27)28/h2-9,14,17H,10-13H2,1H3/t17-/m1/s1. The average Bonchev–Trinajstić information content (AvgIpc) is 3.29. The number of methoxy groups -OCH3 is 1. The summed E-state index contributed by atoms with van der Waals surface area (Å²) in [6.45, 7) is 1.07. The van der Waals surface area contributed by atoms with E-state index in [4.69, 9.17) is 9.47 Å². The van der Waals surface area contributed by atoms with Crippen LogP contribution in [0, 0.1) is 16.0 Å². The largest absolute Gasteiger partial charge is 0.492 e. The number of anilines is 1. The summed E-state index contributed by atoms with van der Waals surface area (Å²) in [5.41, 5.74) is 2.45. The minimum atomic E-state index is -0.439. The highest BCUT2D eigenvalue weighted by molar-refractivity contribution is 7.14. The number of carbonyl (C=O) groups excluding carboxylic acids is 1. The summed E-state index contributed by atoms with van der Waals surface area (Å²) in [6.07, 6.45) is 0.610. The van der Waals surface area contributed by atoms with Gasteiger partial charge < -0.3 is 9.47 Å². The average molecular weight is 439 g/mol. The van der Waals surface area contributed by atoms with Gasteiger partial charge in [-0.15, -0.1) is 11.3 Å². The number of ether oxygens (including phenoxy) is 2. The van der Waals surface area contributed by atoms with E-state index in [-0.39, 0.29) is 17.5 Å². The molecule has 0 aliphatic carbocycles. The number of hydrogen-bond donors (Lipinski definition) is 0. The van der Waals surface area contributed by atoms with Crippen molar-refractivity contribution in [3.05, 3.63) is 69.6 Å². The first-order chi connectivity index (χ1) is 15.1. The Morgan fingerprint density at radius 3 is 2.81 bits per heavy atom. The Hall–Kier alpha value is -3.30. The summed E-state index contributed by atoms with van der Waals surface area (Å²) in [7, 11) is 1.59. The van der Waals surface area contributed by atoms with Gasteiger partial charge in [0.25, 0.3) is 5.69 Å². The predicted molar refractivity (Wildman–Crippen MR) is 118 cm³/mol. The van der Waals surface area contributed by atoms with Gasteiger partial charge in [-0.05, 0) is 30.2 Å². The summed E-state index contributed by atoms with van der Waals surface area (Å²) < 4.78 is 11.0. The third-order valence-electron chi connectivity index (χ3n) is 5.11. The van der Waals surface area contributed by atoms with Gasteiger partial charge in [0.05, 0.1) is 29.7 Å². The summed E-state index contributed by atoms with van der Waals surface area (Å²) in [5, 5.41) is 13.3. The monoisotopic (exact) mass is 439 g/mol. The number of nitrogens with zero attached hydrogens (tertiary/aromatic N) is 3. The molecule has 1 aliphatic rings. The number of thiazole rings is 1. The Labute approximate surface area is 183 Å². The second-order valence-corrected chi connectivity index (χ2v) is 7.96. The van der Waals surface area contributed by atoms with E-state index < -0.39 is 4.92 Å². The van der Waals surface area contributed by atoms with Crippen molar-refractivity contribution >= 4 is 28.1 Å². The lowest BCUT2D eigenvalue weighted by Gasteiger charge is -2.29. The van der Waals surface area contributed by atoms with Gasteiger partial charge >= 0.3 is 0 Å². The molecular weight excluding hydrogens is 418 g/mol. The Morgan fingerprint density at radius 1 is 1.29 bits per heavy atom. The van der Waals surface area contributed by atoms with Crippen molar-refractivity contribution < 1.29 is 19.2 Å². The zero-order valence-electron chi connectivity index (χ0n) is 16.9.